The Kier molecular flexibility index (Phi) is 3.82. The van der Waals surface area contributed by atoms with Crippen LogP contribution in [0.15, 0.2) is 67.0 Å². The molecule has 1 aromatic heterocycles. The maximum atomic E-state index is 5.83. The molecule has 116 valence electrons. The Hall–Kier alpha value is -2.59. The van der Waals surface area contributed by atoms with Crippen LogP contribution in [0.25, 0.3) is 5.69 Å². The summed E-state index contributed by atoms with van der Waals surface area (Å²) in [5.74, 6) is 1.02. The number of hydrogen-bond donors (Lipinski definition) is 1. The van der Waals surface area contributed by atoms with E-state index in [2.05, 4.69) is 46.8 Å². The minimum absolute atomic E-state index is 0.346. The highest BCUT2D eigenvalue weighted by molar-refractivity contribution is 5.36. The Morgan fingerprint density at radius 1 is 1.13 bits per heavy atom. The van der Waals surface area contributed by atoms with Gasteiger partial charge in [-0.2, -0.15) is 5.10 Å². The van der Waals surface area contributed by atoms with Gasteiger partial charge in [0.15, 0.2) is 0 Å². The van der Waals surface area contributed by atoms with Gasteiger partial charge in [0.05, 0.1) is 5.69 Å². The number of para-hydroxylation sites is 1. The van der Waals surface area contributed by atoms with E-state index in [-0.39, 0.29) is 0 Å². The second kappa shape index (κ2) is 6.26. The van der Waals surface area contributed by atoms with Crippen LogP contribution in [-0.2, 0) is 13.0 Å². The van der Waals surface area contributed by atoms with Crippen LogP contribution in [0, 0.1) is 0 Å². The molecule has 4 heteroatoms. The van der Waals surface area contributed by atoms with Gasteiger partial charge in [0.1, 0.15) is 12.4 Å². The fourth-order valence-corrected chi connectivity index (χ4v) is 2.95. The van der Waals surface area contributed by atoms with Crippen LogP contribution < -0.4 is 10.1 Å². The number of nitrogens with one attached hydrogen (secondary N) is 1. The molecule has 1 N–H and O–H groups in total. The number of ether oxygens (including phenoxy) is 1. The van der Waals surface area contributed by atoms with E-state index in [0.29, 0.717) is 6.04 Å². The Labute approximate surface area is 135 Å². The minimum Gasteiger partial charge on any atom is -0.492 e. The lowest BCUT2D eigenvalue weighted by Gasteiger charge is -2.26. The van der Waals surface area contributed by atoms with Crippen LogP contribution in [0.3, 0.4) is 0 Å². The van der Waals surface area contributed by atoms with Gasteiger partial charge in [-0.1, -0.05) is 30.3 Å². The van der Waals surface area contributed by atoms with Crippen molar-refractivity contribution in [1.82, 2.24) is 15.1 Å². The molecular formula is C19H19N3O. The molecule has 23 heavy (non-hydrogen) atoms. The van der Waals surface area contributed by atoms with Crippen molar-refractivity contribution in [2.24, 2.45) is 0 Å². The van der Waals surface area contributed by atoms with Gasteiger partial charge in [-0.15, -0.1) is 0 Å². The topological polar surface area (TPSA) is 39.1 Å². The third kappa shape index (κ3) is 3.12. The predicted molar refractivity (Wildman–Crippen MR) is 89.8 cm³/mol. The third-order valence-electron chi connectivity index (χ3n) is 4.15. The first-order valence-electron chi connectivity index (χ1n) is 7.91. The Morgan fingerprint density at radius 3 is 3.00 bits per heavy atom. The monoisotopic (exact) mass is 305 g/mol. The van der Waals surface area contributed by atoms with Crippen molar-refractivity contribution in [2.45, 2.75) is 19.0 Å². The lowest BCUT2D eigenvalue weighted by Crippen LogP contribution is -2.38. The first-order valence-corrected chi connectivity index (χ1v) is 7.91. The Balaban J connectivity index is 1.41. The summed E-state index contributed by atoms with van der Waals surface area (Å²) in [4.78, 5) is 0. The molecule has 3 aromatic rings. The lowest BCUT2D eigenvalue weighted by molar-refractivity contribution is 0.238. The maximum absolute atomic E-state index is 5.83. The number of benzene rings is 2. The lowest BCUT2D eigenvalue weighted by atomic mass is 10.0. The molecule has 2 aromatic carbocycles. The number of aromatic nitrogens is 2. The average Bonchev–Trinajstić information content (AvgIpc) is 3.15. The molecule has 0 radical (unpaired) electrons. The molecule has 0 unspecified atom stereocenters. The number of nitrogens with zero attached hydrogens (tertiary/aromatic N) is 2. The number of rotatable bonds is 4. The SMILES string of the molecule is c1cc(CN[C@@H]2COc3ccccc3C2)cc(-n2cccn2)c1. The first-order chi connectivity index (χ1) is 11.4. The molecule has 0 fully saturated rings. The summed E-state index contributed by atoms with van der Waals surface area (Å²) in [6.07, 6.45) is 4.76. The molecule has 1 atom stereocenters. The van der Waals surface area contributed by atoms with E-state index >= 15 is 0 Å². The van der Waals surface area contributed by atoms with Crippen molar-refractivity contribution in [3.8, 4) is 11.4 Å². The van der Waals surface area contributed by atoms with Gasteiger partial charge in [0.25, 0.3) is 0 Å². The van der Waals surface area contributed by atoms with Gasteiger partial charge < -0.3 is 10.1 Å². The first kappa shape index (κ1) is 14.0. The predicted octanol–water partition coefficient (Wildman–Crippen LogP) is 2.97. The Morgan fingerprint density at radius 2 is 2.09 bits per heavy atom. The fraction of sp³-hybridized carbons (Fsp3) is 0.211. The molecule has 0 aliphatic carbocycles. The van der Waals surface area contributed by atoms with Crippen LogP contribution in [0.5, 0.6) is 5.75 Å². The van der Waals surface area contributed by atoms with E-state index in [1.807, 2.05) is 29.1 Å². The Bertz CT molecular complexity index is 783. The molecule has 4 nitrogen and oxygen atoms in total. The van der Waals surface area contributed by atoms with Crippen molar-refractivity contribution < 1.29 is 4.74 Å². The third-order valence-corrected chi connectivity index (χ3v) is 4.15. The van der Waals surface area contributed by atoms with E-state index in [9.17, 15) is 0 Å². The van der Waals surface area contributed by atoms with Gasteiger partial charge in [0.2, 0.25) is 0 Å². The molecule has 0 saturated carbocycles. The molecule has 1 aliphatic rings. The van der Waals surface area contributed by atoms with Crippen LogP contribution in [-0.4, -0.2) is 22.4 Å². The average molecular weight is 305 g/mol. The minimum atomic E-state index is 0.346. The van der Waals surface area contributed by atoms with Gasteiger partial charge in [0, 0.05) is 25.0 Å². The van der Waals surface area contributed by atoms with Gasteiger partial charge in [-0.05, 0) is 41.8 Å². The smallest absolute Gasteiger partial charge is 0.122 e. The van der Waals surface area contributed by atoms with Crippen LogP contribution in [0.4, 0.5) is 0 Å². The number of hydrogen-bond acceptors (Lipinski definition) is 3. The molecule has 1 aliphatic heterocycles. The van der Waals surface area contributed by atoms with E-state index in [0.717, 1.165) is 31.0 Å². The zero-order chi connectivity index (χ0) is 15.5. The number of fused-ring (bicyclic) bond motifs is 1. The van der Waals surface area contributed by atoms with E-state index < -0.39 is 0 Å². The fourth-order valence-electron chi connectivity index (χ4n) is 2.95. The second-order valence-corrected chi connectivity index (χ2v) is 5.82. The molecule has 4 rings (SSSR count). The second-order valence-electron chi connectivity index (χ2n) is 5.82. The quantitative estimate of drug-likeness (QED) is 0.805. The molecule has 0 spiro atoms. The summed E-state index contributed by atoms with van der Waals surface area (Å²) in [6.45, 7) is 1.54. The van der Waals surface area contributed by atoms with Crippen LogP contribution in [0.1, 0.15) is 11.1 Å². The molecule has 0 saturated heterocycles. The van der Waals surface area contributed by atoms with Crippen molar-refractivity contribution in [3.63, 3.8) is 0 Å². The zero-order valence-corrected chi connectivity index (χ0v) is 12.9. The molecule has 0 amide bonds. The maximum Gasteiger partial charge on any atom is 0.122 e. The van der Waals surface area contributed by atoms with E-state index in [4.69, 9.17) is 4.74 Å². The zero-order valence-electron chi connectivity index (χ0n) is 12.9. The summed E-state index contributed by atoms with van der Waals surface area (Å²) >= 11 is 0. The summed E-state index contributed by atoms with van der Waals surface area (Å²) in [5, 5.41) is 7.88. The van der Waals surface area contributed by atoms with E-state index in [1.54, 1.807) is 6.20 Å². The van der Waals surface area contributed by atoms with E-state index in [1.165, 1.54) is 11.1 Å². The van der Waals surface area contributed by atoms with Crippen molar-refractivity contribution in [1.29, 1.82) is 0 Å². The standard InChI is InChI=1S/C19H19N3O/c1-2-8-19-16(6-1)12-17(14-23-19)20-13-15-5-3-7-18(11-15)22-10-4-9-21-22/h1-11,17,20H,12-14H2/t17-/m0/s1. The highest BCUT2D eigenvalue weighted by Gasteiger charge is 2.18. The molecule has 0 bridgehead atoms. The summed E-state index contributed by atoms with van der Waals surface area (Å²) in [5.41, 5.74) is 3.61. The van der Waals surface area contributed by atoms with Gasteiger partial charge >= 0.3 is 0 Å². The summed E-state index contributed by atoms with van der Waals surface area (Å²) in [7, 11) is 0. The van der Waals surface area contributed by atoms with Crippen LogP contribution >= 0.6 is 0 Å². The van der Waals surface area contributed by atoms with Gasteiger partial charge in [-0.3, -0.25) is 0 Å². The highest BCUT2D eigenvalue weighted by atomic mass is 16.5. The molecule has 2 heterocycles. The highest BCUT2D eigenvalue weighted by Crippen LogP contribution is 2.24. The normalized spacial score (nSPS) is 16.6. The van der Waals surface area contributed by atoms with Crippen molar-refractivity contribution in [3.05, 3.63) is 78.1 Å². The van der Waals surface area contributed by atoms with Crippen molar-refractivity contribution >= 4 is 0 Å². The van der Waals surface area contributed by atoms with Gasteiger partial charge in [-0.25, -0.2) is 4.68 Å². The van der Waals surface area contributed by atoms with Crippen molar-refractivity contribution in [2.75, 3.05) is 6.61 Å². The summed E-state index contributed by atoms with van der Waals surface area (Å²) < 4.78 is 7.71. The largest absolute Gasteiger partial charge is 0.492 e. The van der Waals surface area contributed by atoms with Crippen LogP contribution in [0.2, 0.25) is 0 Å². The molecular weight excluding hydrogens is 286 g/mol. The summed E-state index contributed by atoms with van der Waals surface area (Å²) in [6, 6.07) is 19.0.